The minimum absolute atomic E-state index is 0.00517. The second-order valence-electron chi connectivity index (χ2n) is 7.22. The van der Waals surface area contributed by atoms with Gasteiger partial charge in [-0.25, -0.2) is 9.78 Å². The molecule has 168 valence electrons. The van der Waals surface area contributed by atoms with E-state index in [2.05, 4.69) is 20.5 Å². The van der Waals surface area contributed by atoms with E-state index in [4.69, 9.17) is 5.73 Å². The topological polar surface area (TPSA) is 151 Å². The Morgan fingerprint density at radius 1 is 1.21 bits per heavy atom. The number of nitrogens with one attached hydrogen (secondary N) is 1. The van der Waals surface area contributed by atoms with Gasteiger partial charge >= 0.3 is 5.97 Å². The smallest absolute Gasteiger partial charge is 0.353 e. The number of rotatable bonds is 6. The van der Waals surface area contributed by atoms with Crippen LogP contribution in [-0.2, 0) is 20.8 Å². The summed E-state index contributed by atoms with van der Waals surface area (Å²) in [6, 6.07) is 8.66. The molecule has 33 heavy (non-hydrogen) atoms. The van der Waals surface area contributed by atoms with Gasteiger partial charge in [-0.2, -0.15) is 0 Å². The number of thiazole rings is 1. The Morgan fingerprint density at radius 3 is 2.67 bits per heavy atom. The fourth-order valence-electron chi connectivity index (χ4n) is 3.62. The van der Waals surface area contributed by atoms with E-state index in [1.807, 2.05) is 30.3 Å². The molecule has 2 aromatic heterocycles. The second-order valence-corrected chi connectivity index (χ2v) is 10.2. The first kappa shape index (κ1) is 21.6. The number of aliphatic carboxylic acids is 1. The molecule has 2 aliphatic rings. The van der Waals surface area contributed by atoms with Crippen molar-refractivity contribution < 1.29 is 19.5 Å². The first-order valence-corrected chi connectivity index (χ1v) is 12.5. The molecule has 4 heterocycles. The predicted octanol–water partition coefficient (Wildman–Crippen LogP) is 1.68. The number of carboxylic acids is 1. The molecule has 0 bridgehead atoms. The maximum Gasteiger partial charge on any atom is 0.353 e. The van der Waals surface area contributed by atoms with E-state index in [9.17, 15) is 19.5 Å². The van der Waals surface area contributed by atoms with Crippen molar-refractivity contribution in [3.05, 3.63) is 52.1 Å². The van der Waals surface area contributed by atoms with Crippen molar-refractivity contribution >= 4 is 62.9 Å². The van der Waals surface area contributed by atoms with Crippen molar-refractivity contribution in [1.29, 1.82) is 0 Å². The van der Waals surface area contributed by atoms with E-state index in [1.165, 1.54) is 39.3 Å². The summed E-state index contributed by atoms with van der Waals surface area (Å²) in [6.07, 6.45) is -0.00517. The number of benzene rings is 1. The van der Waals surface area contributed by atoms with E-state index in [-0.39, 0.29) is 18.0 Å². The molecule has 13 heteroatoms. The number of carbonyl (C=O) groups excluding carboxylic acids is 2. The number of carboxylic acid groups (broad SMARTS) is 1. The Kier molecular flexibility index (Phi) is 5.60. The Labute approximate surface area is 199 Å². The summed E-state index contributed by atoms with van der Waals surface area (Å²) in [7, 11) is 0. The average Bonchev–Trinajstić information content (AvgIpc) is 3.46. The van der Waals surface area contributed by atoms with Crippen LogP contribution in [0.1, 0.15) is 10.7 Å². The van der Waals surface area contributed by atoms with Gasteiger partial charge in [0.15, 0.2) is 5.13 Å². The number of fused-ring (bicyclic) bond motifs is 1. The van der Waals surface area contributed by atoms with Crippen molar-refractivity contribution in [2.24, 2.45) is 0 Å². The number of amides is 2. The Balaban J connectivity index is 1.36. The third-order valence-corrected chi connectivity index (χ3v) is 8.14. The number of β-lactam (4-membered cyclic amide) rings is 1. The maximum absolute atomic E-state index is 12.8. The van der Waals surface area contributed by atoms with Crippen molar-refractivity contribution in [1.82, 2.24) is 25.4 Å². The van der Waals surface area contributed by atoms with Gasteiger partial charge in [-0.1, -0.05) is 41.7 Å². The minimum Gasteiger partial charge on any atom is -0.477 e. The molecule has 4 N–H and O–H groups in total. The van der Waals surface area contributed by atoms with Crippen molar-refractivity contribution in [2.45, 2.75) is 17.8 Å². The van der Waals surface area contributed by atoms with Crippen LogP contribution < -0.4 is 11.1 Å². The largest absolute Gasteiger partial charge is 0.477 e. The first-order valence-electron chi connectivity index (χ1n) is 9.72. The van der Waals surface area contributed by atoms with Crippen molar-refractivity contribution in [3.8, 4) is 10.6 Å². The highest BCUT2D eigenvalue weighted by Crippen LogP contribution is 2.44. The van der Waals surface area contributed by atoms with Crippen LogP contribution in [0.2, 0.25) is 0 Å². The first-order chi connectivity index (χ1) is 15.9. The normalized spacial score (nSPS) is 19.8. The van der Waals surface area contributed by atoms with Crippen LogP contribution in [0.5, 0.6) is 0 Å². The van der Waals surface area contributed by atoms with Crippen molar-refractivity contribution in [2.75, 3.05) is 11.5 Å². The van der Waals surface area contributed by atoms with Gasteiger partial charge in [-0.15, -0.1) is 33.3 Å². The zero-order chi connectivity index (χ0) is 23.1. The Bertz CT molecular complexity index is 1290. The molecule has 2 aliphatic heterocycles. The summed E-state index contributed by atoms with van der Waals surface area (Å²) < 4.78 is 0. The zero-order valence-corrected chi connectivity index (χ0v) is 19.2. The molecule has 1 unspecified atom stereocenters. The average molecular weight is 501 g/mol. The lowest BCUT2D eigenvalue weighted by molar-refractivity contribution is -0.150. The highest BCUT2D eigenvalue weighted by Gasteiger charge is 2.54. The molecular formula is C20H16N6O4S3. The van der Waals surface area contributed by atoms with Crippen LogP contribution in [0.25, 0.3) is 16.1 Å². The lowest BCUT2D eigenvalue weighted by Crippen LogP contribution is -2.70. The molecule has 2 atom stereocenters. The number of hydrogen-bond acceptors (Lipinski definition) is 10. The number of hydrogen-bond donors (Lipinski definition) is 3. The maximum atomic E-state index is 12.8. The SMILES string of the molecule is Nc1nc(CC(=O)NC2C(=O)N3C(C(=O)O)=C(c4nnc(-c5ccccc5)s4)CS[C@@H]23)cs1. The predicted molar refractivity (Wildman–Crippen MR) is 125 cm³/mol. The minimum atomic E-state index is -1.22. The molecule has 1 fully saturated rings. The lowest BCUT2D eigenvalue weighted by atomic mass is 10.0. The monoisotopic (exact) mass is 500 g/mol. The van der Waals surface area contributed by atoms with Crippen LogP contribution in [0.3, 0.4) is 0 Å². The molecule has 1 saturated heterocycles. The molecule has 0 radical (unpaired) electrons. The molecule has 2 amide bonds. The van der Waals surface area contributed by atoms with Crippen LogP contribution in [0, 0.1) is 0 Å². The summed E-state index contributed by atoms with van der Waals surface area (Å²) in [4.78, 5) is 42.6. The fourth-order valence-corrected chi connectivity index (χ4v) is 6.51. The van der Waals surface area contributed by atoms with Gasteiger partial charge in [0.25, 0.3) is 5.91 Å². The quantitative estimate of drug-likeness (QED) is 0.429. The molecule has 1 aromatic carbocycles. The number of anilines is 1. The van der Waals surface area contributed by atoms with Crippen LogP contribution in [0.4, 0.5) is 5.13 Å². The highest BCUT2D eigenvalue weighted by molar-refractivity contribution is 8.00. The van der Waals surface area contributed by atoms with Crippen LogP contribution in [0.15, 0.2) is 41.4 Å². The fraction of sp³-hybridized carbons (Fsp3) is 0.200. The van der Waals surface area contributed by atoms with E-state index in [0.717, 1.165) is 5.56 Å². The summed E-state index contributed by atoms with van der Waals surface area (Å²) in [5, 5.41) is 23.6. The van der Waals surface area contributed by atoms with E-state index in [1.54, 1.807) is 5.38 Å². The number of nitrogens with zero attached hydrogens (tertiary/aromatic N) is 4. The van der Waals surface area contributed by atoms with Gasteiger partial charge in [0, 0.05) is 22.3 Å². The van der Waals surface area contributed by atoms with E-state index in [0.29, 0.717) is 32.2 Å². The Hall–Kier alpha value is -3.29. The molecular weight excluding hydrogens is 484 g/mol. The molecule has 10 nitrogen and oxygen atoms in total. The van der Waals surface area contributed by atoms with Gasteiger partial charge in [0.2, 0.25) is 5.91 Å². The molecule has 0 saturated carbocycles. The summed E-state index contributed by atoms with van der Waals surface area (Å²) in [5.74, 6) is -1.74. The lowest BCUT2D eigenvalue weighted by Gasteiger charge is -2.49. The number of thioether (sulfide) groups is 1. The number of nitrogen functional groups attached to an aromatic ring is 1. The molecule has 0 aliphatic carbocycles. The zero-order valence-electron chi connectivity index (χ0n) is 16.8. The third-order valence-electron chi connectivity index (χ3n) is 5.10. The molecule has 3 aromatic rings. The van der Waals surface area contributed by atoms with Gasteiger partial charge < -0.3 is 16.2 Å². The standard InChI is InChI=1S/C20H16N6O4S3/c21-20-22-10(7-32-20)6-12(27)23-13-17(28)26-14(19(29)30)11(8-31-18(13)26)16-25-24-15(33-16)9-4-2-1-3-5-9/h1-5,7,13,18H,6,8H2,(H2,21,22)(H,23,27)(H,29,30)/t13?,18-/m0/s1. The number of carbonyl (C=O) groups is 3. The third kappa shape index (κ3) is 3.98. The number of aromatic nitrogens is 3. The van der Waals surface area contributed by atoms with E-state index >= 15 is 0 Å². The van der Waals surface area contributed by atoms with Gasteiger partial charge in [0.1, 0.15) is 27.1 Å². The highest BCUT2D eigenvalue weighted by atomic mass is 32.2. The summed E-state index contributed by atoms with van der Waals surface area (Å²) in [5.41, 5.74) is 7.32. The second kappa shape index (κ2) is 8.57. The molecule has 0 spiro atoms. The van der Waals surface area contributed by atoms with Crippen LogP contribution >= 0.6 is 34.4 Å². The van der Waals surface area contributed by atoms with Crippen LogP contribution in [-0.4, -0.2) is 60.1 Å². The van der Waals surface area contributed by atoms with Gasteiger partial charge in [-0.3, -0.25) is 14.5 Å². The molecule has 5 rings (SSSR count). The number of nitrogens with two attached hydrogens (primary N) is 1. The van der Waals surface area contributed by atoms with Crippen molar-refractivity contribution in [3.63, 3.8) is 0 Å². The Morgan fingerprint density at radius 2 is 1.97 bits per heavy atom. The van der Waals surface area contributed by atoms with Gasteiger partial charge in [0.05, 0.1) is 12.1 Å². The van der Waals surface area contributed by atoms with E-state index < -0.39 is 23.3 Å². The summed E-state index contributed by atoms with van der Waals surface area (Å²) >= 11 is 3.89. The van der Waals surface area contributed by atoms with Gasteiger partial charge in [-0.05, 0) is 0 Å². The summed E-state index contributed by atoms with van der Waals surface area (Å²) in [6.45, 7) is 0.